The minimum atomic E-state index is -3.91. The van der Waals surface area contributed by atoms with Gasteiger partial charge in [0.25, 0.3) is 0 Å². The molecule has 0 aromatic heterocycles. The van der Waals surface area contributed by atoms with E-state index in [-0.39, 0.29) is 0 Å². The van der Waals surface area contributed by atoms with Crippen molar-refractivity contribution in [3.05, 3.63) is 54.1 Å². The molecule has 0 spiro atoms. The van der Waals surface area contributed by atoms with Crippen LogP contribution >= 0.6 is 7.82 Å². The molecule has 0 saturated carbocycles. The molecule has 0 amide bonds. The Hall–Kier alpha value is -2.19. The largest absolute Gasteiger partial charge is 0.531 e. The van der Waals surface area contributed by atoms with E-state index in [2.05, 4.69) is 0 Å². The Labute approximate surface area is 227 Å². The van der Waals surface area contributed by atoms with Crippen molar-refractivity contribution in [2.75, 3.05) is 6.26 Å². The molecule has 0 fully saturated rings. The Bertz CT molecular complexity index is 1240. The number of carboxylic acid groups (broad SMARTS) is 1. The van der Waals surface area contributed by atoms with Gasteiger partial charge in [-0.3, -0.25) is 13.8 Å². The summed E-state index contributed by atoms with van der Waals surface area (Å²) in [4.78, 5) is 11.9. The summed E-state index contributed by atoms with van der Waals surface area (Å²) in [6.45, 7) is 13.7. The van der Waals surface area contributed by atoms with Gasteiger partial charge in [0.05, 0.1) is 11.2 Å². The minimum absolute atomic E-state index is 0.316. The van der Waals surface area contributed by atoms with Crippen molar-refractivity contribution in [3.63, 3.8) is 0 Å². The van der Waals surface area contributed by atoms with E-state index in [1.54, 1.807) is 60.6 Å². The van der Waals surface area contributed by atoms with Crippen LogP contribution in [0.3, 0.4) is 0 Å². The molecule has 0 heterocycles. The van der Waals surface area contributed by atoms with E-state index in [1.807, 2.05) is 36.4 Å². The molecule has 0 aliphatic heterocycles. The second-order valence-electron chi connectivity index (χ2n) is 11.7. The molecular formula is C28H41O8PS. The maximum absolute atomic E-state index is 13.4. The maximum Gasteiger partial charge on any atom is 0.531 e. The van der Waals surface area contributed by atoms with E-state index in [4.69, 9.17) is 13.6 Å². The topological polar surface area (TPSA) is 116 Å². The molecule has 38 heavy (non-hydrogen) atoms. The highest BCUT2D eigenvalue weighted by molar-refractivity contribution is 7.92. The van der Waals surface area contributed by atoms with Crippen LogP contribution in [0, 0.1) is 5.92 Å². The van der Waals surface area contributed by atoms with E-state index in [0.29, 0.717) is 18.6 Å². The highest BCUT2D eigenvalue weighted by atomic mass is 32.2. The number of rotatable bonds is 11. The third kappa shape index (κ3) is 8.40. The molecule has 10 heteroatoms. The molecule has 2 rings (SSSR count). The number of hydrogen-bond donors (Lipinski definition) is 1. The highest BCUT2D eigenvalue weighted by Crippen LogP contribution is 2.55. The maximum atomic E-state index is 13.4. The molecule has 8 nitrogen and oxygen atoms in total. The predicted octanol–water partition coefficient (Wildman–Crippen LogP) is 6.93. The van der Waals surface area contributed by atoms with Crippen molar-refractivity contribution >= 4 is 23.6 Å². The second-order valence-corrected chi connectivity index (χ2v) is 15.5. The van der Waals surface area contributed by atoms with Crippen LogP contribution in [0.25, 0.3) is 11.1 Å². The van der Waals surface area contributed by atoms with E-state index >= 15 is 0 Å². The van der Waals surface area contributed by atoms with Crippen molar-refractivity contribution in [1.29, 1.82) is 0 Å². The average molecular weight is 569 g/mol. The lowest BCUT2D eigenvalue weighted by atomic mass is 9.85. The molecule has 1 N–H and O–H groups in total. The number of carbonyl (C=O) groups is 1. The number of phosphoric ester groups is 1. The number of benzene rings is 2. The molecule has 0 radical (unpaired) electrons. The quantitative estimate of drug-likeness (QED) is 0.290. The molecule has 212 valence electrons. The third-order valence-electron chi connectivity index (χ3n) is 6.08. The first-order chi connectivity index (χ1) is 17.2. The fourth-order valence-electron chi connectivity index (χ4n) is 4.05. The third-order valence-corrected chi connectivity index (χ3v) is 10.1. The predicted molar refractivity (Wildman–Crippen MR) is 150 cm³/mol. The molecule has 0 bridgehead atoms. The van der Waals surface area contributed by atoms with Gasteiger partial charge in [0, 0.05) is 6.26 Å². The number of sulfone groups is 1. The fourth-order valence-corrected chi connectivity index (χ4v) is 7.05. The average Bonchev–Trinajstić information content (AvgIpc) is 2.74. The molecule has 2 aromatic rings. The van der Waals surface area contributed by atoms with Crippen molar-refractivity contribution < 1.29 is 36.5 Å². The molecule has 2 atom stereocenters. The second kappa shape index (κ2) is 11.5. The lowest BCUT2D eigenvalue weighted by Gasteiger charge is -2.31. The smallest absolute Gasteiger partial charge is 0.480 e. The number of carboxylic acids is 1. The minimum Gasteiger partial charge on any atom is -0.480 e. The van der Waals surface area contributed by atoms with E-state index in [9.17, 15) is 22.9 Å². The van der Waals surface area contributed by atoms with Crippen LogP contribution < -0.4 is 4.52 Å². The van der Waals surface area contributed by atoms with Crippen LogP contribution in [-0.4, -0.2) is 41.7 Å². The summed E-state index contributed by atoms with van der Waals surface area (Å²) in [6.07, 6.45) is 1.70. The van der Waals surface area contributed by atoms with Gasteiger partial charge >= 0.3 is 13.8 Å². The lowest BCUT2D eigenvalue weighted by Crippen LogP contribution is -2.50. The van der Waals surface area contributed by atoms with Gasteiger partial charge in [0.15, 0.2) is 14.6 Å². The van der Waals surface area contributed by atoms with E-state index in [0.717, 1.165) is 22.9 Å². The first-order valence-corrected chi connectivity index (χ1v) is 15.9. The Morgan fingerprint density at radius 2 is 1.29 bits per heavy atom. The Kier molecular flexibility index (Phi) is 9.70. The number of aliphatic carboxylic acids is 1. The Morgan fingerprint density at radius 3 is 1.63 bits per heavy atom. The van der Waals surface area contributed by atoms with E-state index < -0.39 is 45.5 Å². The zero-order chi connectivity index (χ0) is 29.2. The molecule has 0 saturated heterocycles. The van der Waals surface area contributed by atoms with Gasteiger partial charge in [-0.15, -0.1) is 0 Å². The van der Waals surface area contributed by atoms with Crippen molar-refractivity contribution in [1.82, 2.24) is 0 Å². The van der Waals surface area contributed by atoms with Gasteiger partial charge < -0.3 is 9.63 Å². The molecule has 1 unspecified atom stereocenters. The molecule has 0 aliphatic carbocycles. The van der Waals surface area contributed by atoms with Gasteiger partial charge in [-0.05, 0) is 89.6 Å². The van der Waals surface area contributed by atoms with Gasteiger partial charge in [-0.2, -0.15) is 0 Å². The summed E-state index contributed by atoms with van der Waals surface area (Å²) in [6, 6.07) is 14.5. The van der Waals surface area contributed by atoms with Crippen LogP contribution in [0.15, 0.2) is 48.5 Å². The van der Waals surface area contributed by atoms with Gasteiger partial charge in [0.2, 0.25) is 0 Å². The highest BCUT2D eigenvalue weighted by Gasteiger charge is 2.49. The van der Waals surface area contributed by atoms with Gasteiger partial charge in [0.1, 0.15) is 5.75 Å². The summed E-state index contributed by atoms with van der Waals surface area (Å²) in [7, 11) is -7.75. The molecular weight excluding hydrogens is 527 g/mol. The summed E-state index contributed by atoms with van der Waals surface area (Å²) in [5, 5.41) is 9.72. The molecule has 0 aliphatic rings. The zero-order valence-corrected chi connectivity index (χ0v) is 25.5. The summed E-state index contributed by atoms with van der Waals surface area (Å²) >= 11 is 0. The number of phosphoric acid groups is 1. The van der Waals surface area contributed by atoms with Crippen LogP contribution in [0.1, 0.15) is 67.4 Å². The standard InChI is InChI=1S/C28H41O8PS/c1-10-23(28(8,25(29)30)38(9,32)33)19-20-11-13-21(14-12-20)22-15-17-24(18-16-22)34-37(31,35-26(2,3)4)36-27(5,6)7/h11-18,23H,10,19H2,1-9H3,(H,29,30)/t23?,28-/m1/s1. The van der Waals surface area contributed by atoms with Crippen molar-refractivity contribution in [3.8, 4) is 16.9 Å². The summed E-state index contributed by atoms with van der Waals surface area (Å²) in [5.41, 5.74) is 1.13. The zero-order valence-electron chi connectivity index (χ0n) is 23.8. The lowest BCUT2D eigenvalue weighted by molar-refractivity contribution is -0.141. The van der Waals surface area contributed by atoms with Gasteiger partial charge in [-0.25, -0.2) is 13.0 Å². The Morgan fingerprint density at radius 1 is 0.868 bits per heavy atom. The monoisotopic (exact) mass is 568 g/mol. The summed E-state index contributed by atoms with van der Waals surface area (Å²) < 4.78 is 53.2. The number of hydrogen-bond acceptors (Lipinski definition) is 7. The van der Waals surface area contributed by atoms with E-state index in [1.165, 1.54) is 6.92 Å². The van der Waals surface area contributed by atoms with Crippen molar-refractivity contribution in [2.45, 2.75) is 84.2 Å². The van der Waals surface area contributed by atoms with Crippen LogP contribution in [0.5, 0.6) is 5.75 Å². The summed E-state index contributed by atoms with van der Waals surface area (Å²) in [5.74, 6) is -1.59. The fraction of sp³-hybridized carbons (Fsp3) is 0.536. The first kappa shape index (κ1) is 32.0. The Balaban J connectivity index is 2.24. The van der Waals surface area contributed by atoms with Crippen molar-refractivity contribution in [2.24, 2.45) is 5.92 Å². The van der Waals surface area contributed by atoms with Gasteiger partial charge in [-0.1, -0.05) is 49.7 Å². The first-order valence-electron chi connectivity index (χ1n) is 12.5. The van der Waals surface area contributed by atoms with Crippen LogP contribution in [-0.2, 0) is 34.7 Å². The normalized spacial score (nSPS) is 15.5. The molecule has 2 aromatic carbocycles. The van der Waals surface area contributed by atoms with Crippen LogP contribution in [0.2, 0.25) is 0 Å². The van der Waals surface area contributed by atoms with Crippen LogP contribution in [0.4, 0.5) is 0 Å². The SMILES string of the molecule is CCC(Cc1ccc(-c2ccc(OP(=O)(OC(C)(C)C)OC(C)(C)C)cc2)cc1)[C@](C)(C(=O)O)S(C)(=O)=O.